The van der Waals surface area contributed by atoms with E-state index in [0.717, 1.165) is 12.0 Å². The molecule has 0 aliphatic rings. The van der Waals surface area contributed by atoms with Gasteiger partial charge in [0, 0.05) is 37.7 Å². The Morgan fingerprint density at radius 3 is 2.65 bits per heavy atom. The molecule has 1 aromatic carbocycles. The van der Waals surface area contributed by atoms with Gasteiger partial charge in [-0.3, -0.25) is 4.98 Å². The third-order valence-corrected chi connectivity index (χ3v) is 3.62. The first-order chi connectivity index (χ1) is 9.61. The lowest BCUT2D eigenvalue weighted by atomic mass is 9.96. The van der Waals surface area contributed by atoms with E-state index in [1.165, 1.54) is 16.8 Å². The molecular formula is C17H23N3. The minimum atomic E-state index is 0.449. The fourth-order valence-corrected chi connectivity index (χ4v) is 2.27. The quantitative estimate of drug-likeness (QED) is 0.906. The molecule has 1 heterocycles. The molecule has 2 aromatic rings. The summed E-state index contributed by atoms with van der Waals surface area (Å²) in [5, 5.41) is 0. The molecule has 20 heavy (non-hydrogen) atoms. The lowest BCUT2D eigenvalue weighted by Crippen LogP contribution is -2.08. The average Bonchev–Trinajstić information content (AvgIpc) is 2.48. The summed E-state index contributed by atoms with van der Waals surface area (Å²) in [6.45, 7) is 2.91. The molecule has 0 radical (unpaired) electrons. The number of pyridine rings is 1. The molecule has 0 aliphatic carbocycles. The van der Waals surface area contributed by atoms with Gasteiger partial charge in [0.25, 0.3) is 0 Å². The van der Waals surface area contributed by atoms with E-state index in [1.807, 2.05) is 12.4 Å². The van der Waals surface area contributed by atoms with E-state index in [-0.39, 0.29) is 0 Å². The normalized spacial score (nSPS) is 12.2. The lowest BCUT2D eigenvalue weighted by Gasteiger charge is -2.15. The van der Waals surface area contributed by atoms with Crippen LogP contribution in [0.3, 0.4) is 0 Å². The predicted molar refractivity (Wildman–Crippen MR) is 86.1 cm³/mol. The van der Waals surface area contributed by atoms with Crippen LogP contribution in [0, 0.1) is 0 Å². The van der Waals surface area contributed by atoms with Gasteiger partial charge in [-0.05, 0) is 48.2 Å². The van der Waals surface area contributed by atoms with E-state index in [4.69, 9.17) is 5.73 Å². The predicted octanol–water partition coefficient (Wildman–Crippen LogP) is 3.27. The maximum atomic E-state index is 5.64. The Hall–Kier alpha value is -1.87. The van der Waals surface area contributed by atoms with Gasteiger partial charge in [0.05, 0.1) is 0 Å². The number of hydrogen-bond acceptors (Lipinski definition) is 3. The van der Waals surface area contributed by atoms with Gasteiger partial charge in [-0.25, -0.2) is 0 Å². The molecule has 2 N–H and O–H groups in total. The van der Waals surface area contributed by atoms with Crippen LogP contribution in [0.15, 0.2) is 42.7 Å². The third kappa shape index (κ3) is 3.36. The van der Waals surface area contributed by atoms with Gasteiger partial charge in [0.15, 0.2) is 0 Å². The summed E-state index contributed by atoms with van der Waals surface area (Å²) in [7, 11) is 4.11. The zero-order chi connectivity index (χ0) is 14.5. The summed E-state index contributed by atoms with van der Waals surface area (Å²) >= 11 is 0. The average molecular weight is 269 g/mol. The van der Waals surface area contributed by atoms with Crippen molar-refractivity contribution < 1.29 is 0 Å². The van der Waals surface area contributed by atoms with E-state index >= 15 is 0 Å². The van der Waals surface area contributed by atoms with Crippen LogP contribution in [0.5, 0.6) is 0 Å². The van der Waals surface area contributed by atoms with Crippen LogP contribution in [0.2, 0.25) is 0 Å². The standard InChI is InChI=1S/C17H23N3/c1-13(7-8-18)15-9-16(12-19-11-15)14-5-4-6-17(10-14)20(2)3/h4-6,9-13H,7-8,18H2,1-3H3. The largest absolute Gasteiger partial charge is 0.378 e. The molecule has 3 nitrogen and oxygen atoms in total. The second kappa shape index (κ2) is 6.53. The number of hydrogen-bond donors (Lipinski definition) is 1. The van der Waals surface area contributed by atoms with Crippen molar-refractivity contribution in [3.05, 3.63) is 48.3 Å². The smallest absolute Gasteiger partial charge is 0.0367 e. The number of nitrogens with two attached hydrogens (primary N) is 1. The second-order valence-corrected chi connectivity index (χ2v) is 5.43. The molecule has 3 heteroatoms. The second-order valence-electron chi connectivity index (χ2n) is 5.43. The van der Waals surface area contributed by atoms with Gasteiger partial charge in [-0.1, -0.05) is 19.1 Å². The summed E-state index contributed by atoms with van der Waals surface area (Å²) in [6, 6.07) is 10.7. The zero-order valence-electron chi connectivity index (χ0n) is 12.5. The Kier molecular flexibility index (Phi) is 4.74. The van der Waals surface area contributed by atoms with Crippen LogP contribution >= 0.6 is 0 Å². The highest BCUT2D eigenvalue weighted by atomic mass is 15.1. The van der Waals surface area contributed by atoms with Crippen molar-refractivity contribution in [3.63, 3.8) is 0 Å². The van der Waals surface area contributed by atoms with Gasteiger partial charge in [0.2, 0.25) is 0 Å². The molecule has 0 saturated carbocycles. The van der Waals surface area contributed by atoms with Gasteiger partial charge < -0.3 is 10.6 Å². The highest BCUT2D eigenvalue weighted by molar-refractivity contribution is 5.68. The van der Waals surface area contributed by atoms with E-state index < -0.39 is 0 Å². The van der Waals surface area contributed by atoms with E-state index in [1.54, 1.807) is 0 Å². The molecular weight excluding hydrogens is 246 g/mol. The topological polar surface area (TPSA) is 42.1 Å². The number of anilines is 1. The monoisotopic (exact) mass is 269 g/mol. The molecule has 0 saturated heterocycles. The molecule has 1 aromatic heterocycles. The van der Waals surface area contributed by atoms with Crippen LogP contribution in [0.1, 0.15) is 24.8 Å². The first-order valence-electron chi connectivity index (χ1n) is 7.04. The molecule has 1 unspecified atom stereocenters. The van der Waals surface area contributed by atoms with Crippen molar-refractivity contribution >= 4 is 5.69 Å². The van der Waals surface area contributed by atoms with E-state index in [0.29, 0.717) is 12.5 Å². The van der Waals surface area contributed by atoms with Crippen molar-refractivity contribution in [2.75, 3.05) is 25.5 Å². The minimum absolute atomic E-state index is 0.449. The number of aromatic nitrogens is 1. The summed E-state index contributed by atoms with van der Waals surface area (Å²) in [5.74, 6) is 0.449. The lowest BCUT2D eigenvalue weighted by molar-refractivity contribution is 0.687. The maximum absolute atomic E-state index is 5.64. The highest BCUT2D eigenvalue weighted by Gasteiger charge is 2.07. The van der Waals surface area contributed by atoms with Crippen LogP contribution < -0.4 is 10.6 Å². The van der Waals surface area contributed by atoms with Crippen LogP contribution in [0.4, 0.5) is 5.69 Å². The molecule has 0 spiro atoms. The Morgan fingerprint density at radius 2 is 1.95 bits per heavy atom. The Labute approximate surface area is 121 Å². The van der Waals surface area contributed by atoms with Gasteiger partial charge in [0.1, 0.15) is 0 Å². The van der Waals surface area contributed by atoms with Gasteiger partial charge in [-0.15, -0.1) is 0 Å². The van der Waals surface area contributed by atoms with Gasteiger partial charge in [-0.2, -0.15) is 0 Å². The maximum Gasteiger partial charge on any atom is 0.0367 e. The highest BCUT2D eigenvalue weighted by Crippen LogP contribution is 2.26. The minimum Gasteiger partial charge on any atom is -0.378 e. The molecule has 0 aliphatic heterocycles. The number of rotatable bonds is 5. The Bertz CT molecular complexity index is 564. The zero-order valence-corrected chi connectivity index (χ0v) is 12.5. The molecule has 0 amide bonds. The van der Waals surface area contributed by atoms with E-state index in [9.17, 15) is 0 Å². The van der Waals surface area contributed by atoms with Crippen LogP contribution in [-0.4, -0.2) is 25.6 Å². The number of nitrogens with zero attached hydrogens (tertiary/aromatic N) is 2. The third-order valence-electron chi connectivity index (χ3n) is 3.62. The van der Waals surface area contributed by atoms with Crippen molar-refractivity contribution in [3.8, 4) is 11.1 Å². The summed E-state index contributed by atoms with van der Waals surface area (Å²) in [4.78, 5) is 6.49. The van der Waals surface area contributed by atoms with Crippen LogP contribution in [-0.2, 0) is 0 Å². The van der Waals surface area contributed by atoms with Crippen molar-refractivity contribution in [1.82, 2.24) is 4.98 Å². The SMILES string of the molecule is CC(CCN)c1cncc(-c2cccc(N(C)C)c2)c1. The van der Waals surface area contributed by atoms with Gasteiger partial charge >= 0.3 is 0 Å². The van der Waals surface area contributed by atoms with Crippen LogP contribution in [0.25, 0.3) is 11.1 Å². The number of benzene rings is 1. The fourth-order valence-electron chi connectivity index (χ4n) is 2.27. The summed E-state index contributed by atoms with van der Waals surface area (Å²) < 4.78 is 0. The first-order valence-corrected chi connectivity index (χ1v) is 7.04. The van der Waals surface area contributed by atoms with E-state index in [2.05, 4.69) is 61.2 Å². The molecule has 0 bridgehead atoms. The fraction of sp³-hybridized carbons (Fsp3) is 0.353. The van der Waals surface area contributed by atoms with Crippen molar-refractivity contribution in [2.24, 2.45) is 5.73 Å². The molecule has 0 fully saturated rings. The summed E-state index contributed by atoms with van der Waals surface area (Å²) in [6.07, 6.45) is 4.86. The Balaban J connectivity index is 2.33. The summed E-state index contributed by atoms with van der Waals surface area (Å²) in [5.41, 5.74) is 10.5. The molecule has 1 atom stereocenters. The van der Waals surface area contributed by atoms with Crippen molar-refractivity contribution in [2.45, 2.75) is 19.3 Å². The Morgan fingerprint density at radius 1 is 1.15 bits per heavy atom. The molecule has 2 rings (SSSR count). The first kappa shape index (κ1) is 14.5. The van der Waals surface area contributed by atoms with Crippen molar-refractivity contribution in [1.29, 1.82) is 0 Å². The molecule has 106 valence electrons.